The predicted molar refractivity (Wildman–Crippen MR) is 85.3 cm³/mol. The van der Waals surface area contributed by atoms with Gasteiger partial charge in [-0.15, -0.1) is 0 Å². The summed E-state index contributed by atoms with van der Waals surface area (Å²) in [6.45, 7) is 9.38. The third-order valence-electron chi connectivity index (χ3n) is 3.51. The first-order valence-corrected chi connectivity index (χ1v) is 9.03. The minimum absolute atomic E-state index is 0.0317. The van der Waals surface area contributed by atoms with E-state index in [1.54, 1.807) is 6.92 Å². The molecule has 0 amide bonds. The minimum Gasteiger partial charge on any atom is -0.338 e. The van der Waals surface area contributed by atoms with E-state index in [2.05, 4.69) is 10.1 Å². The summed E-state index contributed by atoms with van der Waals surface area (Å²) in [7, 11) is -3.41. The smallest absolute Gasteiger partial charge is 0.244 e. The highest BCUT2D eigenvalue weighted by molar-refractivity contribution is 7.90. The van der Waals surface area contributed by atoms with E-state index < -0.39 is 15.1 Å². The average Bonchev–Trinajstić information content (AvgIpc) is 2.85. The quantitative estimate of drug-likeness (QED) is 0.842. The summed E-state index contributed by atoms with van der Waals surface area (Å²) in [5, 5.41) is 3.02. The van der Waals surface area contributed by atoms with E-state index in [0.29, 0.717) is 5.82 Å². The van der Waals surface area contributed by atoms with Gasteiger partial charge in [0.05, 0.1) is 5.75 Å². The van der Waals surface area contributed by atoms with E-state index >= 15 is 0 Å². The summed E-state index contributed by atoms with van der Waals surface area (Å²) in [6.07, 6.45) is 0. The van der Waals surface area contributed by atoms with E-state index in [0.717, 1.165) is 16.7 Å². The maximum atomic E-state index is 12.6. The molecule has 0 bridgehead atoms. The summed E-state index contributed by atoms with van der Waals surface area (Å²) in [4.78, 5) is 4.20. The molecule has 1 unspecified atom stereocenters. The van der Waals surface area contributed by atoms with Crippen LogP contribution in [0.1, 0.15) is 60.3 Å². The molecule has 1 heterocycles. The van der Waals surface area contributed by atoms with Crippen LogP contribution in [-0.4, -0.2) is 18.6 Å². The fourth-order valence-electron chi connectivity index (χ4n) is 2.31. The van der Waals surface area contributed by atoms with Gasteiger partial charge in [0.15, 0.2) is 15.7 Å². The second-order valence-corrected chi connectivity index (χ2v) is 8.41. The van der Waals surface area contributed by atoms with Crippen molar-refractivity contribution >= 4 is 9.84 Å². The van der Waals surface area contributed by atoms with Crippen molar-refractivity contribution in [1.82, 2.24) is 10.1 Å². The molecule has 2 rings (SSSR count). The van der Waals surface area contributed by atoms with Crippen molar-refractivity contribution in [1.29, 1.82) is 0 Å². The highest BCUT2D eigenvalue weighted by atomic mass is 32.2. The fourth-order valence-corrected chi connectivity index (χ4v) is 3.59. The molecule has 0 aliphatic heterocycles. The first-order chi connectivity index (χ1) is 10.2. The second-order valence-electron chi connectivity index (χ2n) is 6.09. The fraction of sp³-hybridized carbons (Fsp3) is 0.500. The molecule has 0 spiro atoms. The molecule has 5 nitrogen and oxygen atoms in total. The summed E-state index contributed by atoms with van der Waals surface area (Å²) in [6, 6.07) is 5.81. The third-order valence-corrected chi connectivity index (χ3v) is 5.52. The molecule has 0 fully saturated rings. The van der Waals surface area contributed by atoms with Gasteiger partial charge >= 0.3 is 0 Å². The van der Waals surface area contributed by atoms with E-state index in [9.17, 15) is 8.42 Å². The van der Waals surface area contributed by atoms with E-state index in [1.807, 2.05) is 45.9 Å². The van der Waals surface area contributed by atoms with Gasteiger partial charge in [-0.3, -0.25) is 0 Å². The zero-order valence-corrected chi connectivity index (χ0v) is 14.4. The van der Waals surface area contributed by atoms with Gasteiger partial charge in [-0.25, -0.2) is 8.42 Å². The van der Waals surface area contributed by atoms with Gasteiger partial charge in [0.1, 0.15) is 5.25 Å². The van der Waals surface area contributed by atoms with Gasteiger partial charge in [0.25, 0.3) is 0 Å². The number of benzene rings is 1. The molecular weight excluding hydrogens is 300 g/mol. The standard InChI is InChI=1S/C16H22N2O3S/c1-10(2)15-17-16(21-18-15)13(5)22(19,20)9-14-7-11(3)6-12(4)8-14/h6-8,10,13H,9H2,1-5H3. The normalized spacial score (nSPS) is 13.5. The summed E-state index contributed by atoms with van der Waals surface area (Å²) < 4.78 is 30.3. The van der Waals surface area contributed by atoms with Gasteiger partial charge in [0.2, 0.25) is 5.89 Å². The molecule has 0 N–H and O–H groups in total. The first-order valence-electron chi connectivity index (χ1n) is 7.31. The molecular formula is C16H22N2O3S. The molecule has 1 aromatic heterocycles. The minimum atomic E-state index is -3.41. The van der Waals surface area contributed by atoms with Crippen LogP contribution in [0.15, 0.2) is 22.7 Å². The summed E-state index contributed by atoms with van der Waals surface area (Å²) >= 11 is 0. The Kier molecular flexibility index (Phi) is 4.70. The van der Waals surface area contributed by atoms with Crippen LogP contribution in [0.25, 0.3) is 0 Å². The molecule has 0 saturated heterocycles. The van der Waals surface area contributed by atoms with Crippen molar-refractivity contribution in [2.45, 2.75) is 51.5 Å². The van der Waals surface area contributed by atoms with Crippen LogP contribution in [0.4, 0.5) is 0 Å². The van der Waals surface area contributed by atoms with Crippen LogP contribution in [0, 0.1) is 13.8 Å². The topological polar surface area (TPSA) is 73.1 Å². The number of nitrogens with zero attached hydrogens (tertiary/aromatic N) is 2. The van der Waals surface area contributed by atoms with Crippen molar-refractivity contribution in [3.63, 3.8) is 0 Å². The molecule has 0 aliphatic carbocycles. The van der Waals surface area contributed by atoms with Crippen molar-refractivity contribution in [3.05, 3.63) is 46.6 Å². The molecule has 1 atom stereocenters. The lowest BCUT2D eigenvalue weighted by Crippen LogP contribution is -2.13. The predicted octanol–water partition coefficient (Wildman–Crippen LogP) is 3.49. The number of sulfone groups is 1. The van der Waals surface area contributed by atoms with Gasteiger partial charge in [-0.05, 0) is 26.3 Å². The molecule has 0 aliphatic rings. The largest absolute Gasteiger partial charge is 0.338 e. The Morgan fingerprint density at radius 2 is 1.68 bits per heavy atom. The number of hydrogen-bond donors (Lipinski definition) is 0. The number of aromatic nitrogens is 2. The van der Waals surface area contributed by atoms with E-state index in [4.69, 9.17) is 4.52 Å². The van der Waals surface area contributed by atoms with Crippen LogP contribution < -0.4 is 0 Å². The Labute approximate surface area is 131 Å². The molecule has 120 valence electrons. The lowest BCUT2D eigenvalue weighted by Gasteiger charge is -2.10. The van der Waals surface area contributed by atoms with Crippen LogP contribution in [0.2, 0.25) is 0 Å². The maximum Gasteiger partial charge on any atom is 0.244 e. The van der Waals surface area contributed by atoms with Crippen molar-refractivity contribution in [2.24, 2.45) is 0 Å². The molecule has 0 saturated carbocycles. The SMILES string of the molecule is Cc1cc(C)cc(CS(=O)(=O)C(C)c2nc(C(C)C)no2)c1. The Hall–Kier alpha value is -1.69. The van der Waals surface area contributed by atoms with Crippen LogP contribution in [-0.2, 0) is 15.6 Å². The Morgan fingerprint density at radius 3 is 2.18 bits per heavy atom. The van der Waals surface area contributed by atoms with Crippen molar-refractivity contribution in [3.8, 4) is 0 Å². The third kappa shape index (κ3) is 3.74. The molecule has 2 aromatic rings. The number of hydrogen-bond acceptors (Lipinski definition) is 5. The van der Waals surface area contributed by atoms with E-state index in [1.165, 1.54) is 0 Å². The highest BCUT2D eigenvalue weighted by Crippen LogP contribution is 2.25. The van der Waals surface area contributed by atoms with Crippen LogP contribution in [0.3, 0.4) is 0 Å². The van der Waals surface area contributed by atoms with Crippen LogP contribution >= 0.6 is 0 Å². The lowest BCUT2D eigenvalue weighted by atomic mass is 10.1. The zero-order valence-electron chi connectivity index (χ0n) is 13.6. The molecule has 0 radical (unpaired) electrons. The number of aryl methyl sites for hydroxylation is 2. The van der Waals surface area contributed by atoms with Crippen LogP contribution in [0.5, 0.6) is 0 Å². The second kappa shape index (κ2) is 6.20. The van der Waals surface area contributed by atoms with E-state index in [-0.39, 0.29) is 17.6 Å². The molecule has 22 heavy (non-hydrogen) atoms. The maximum absolute atomic E-state index is 12.6. The Morgan fingerprint density at radius 1 is 1.09 bits per heavy atom. The monoisotopic (exact) mass is 322 g/mol. The summed E-state index contributed by atoms with van der Waals surface area (Å²) in [5.74, 6) is 0.763. The lowest BCUT2D eigenvalue weighted by molar-refractivity contribution is 0.369. The zero-order chi connectivity index (χ0) is 16.5. The molecule has 1 aromatic carbocycles. The van der Waals surface area contributed by atoms with Gasteiger partial charge in [0, 0.05) is 5.92 Å². The first kappa shape index (κ1) is 16.7. The Balaban J connectivity index is 2.24. The van der Waals surface area contributed by atoms with Crippen molar-refractivity contribution in [2.75, 3.05) is 0 Å². The average molecular weight is 322 g/mol. The highest BCUT2D eigenvalue weighted by Gasteiger charge is 2.28. The Bertz CT molecular complexity index is 743. The molecule has 6 heteroatoms. The van der Waals surface area contributed by atoms with Gasteiger partial charge in [-0.1, -0.05) is 48.3 Å². The van der Waals surface area contributed by atoms with Gasteiger partial charge < -0.3 is 4.52 Å². The number of rotatable bonds is 5. The van der Waals surface area contributed by atoms with Gasteiger partial charge in [-0.2, -0.15) is 4.98 Å². The summed E-state index contributed by atoms with van der Waals surface area (Å²) in [5.41, 5.74) is 2.89. The van der Waals surface area contributed by atoms with Crippen molar-refractivity contribution < 1.29 is 12.9 Å².